The van der Waals surface area contributed by atoms with Gasteiger partial charge in [-0.05, 0) is 42.9 Å². The zero-order valence-electron chi connectivity index (χ0n) is 11.7. The fraction of sp³-hybridized carbons (Fsp3) is 0.188. The van der Waals surface area contributed by atoms with E-state index < -0.39 is 0 Å². The van der Waals surface area contributed by atoms with Crippen LogP contribution in [-0.4, -0.2) is 19.7 Å². The summed E-state index contributed by atoms with van der Waals surface area (Å²) in [6, 6.07) is 12.9. The molecule has 5 nitrogen and oxygen atoms in total. The molecule has 0 aromatic heterocycles. The zero-order chi connectivity index (χ0) is 14.7. The highest BCUT2D eigenvalue weighted by Crippen LogP contribution is 2.32. The Morgan fingerprint density at radius 2 is 1.86 bits per heavy atom. The average Bonchev–Trinajstić information content (AvgIpc) is 2.97. The van der Waals surface area contributed by atoms with Crippen LogP contribution in [0, 0.1) is 0 Å². The number of amides is 1. The molecule has 21 heavy (non-hydrogen) atoms. The van der Waals surface area contributed by atoms with Crippen molar-refractivity contribution in [3.63, 3.8) is 0 Å². The monoisotopic (exact) mass is 284 g/mol. The van der Waals surface area contributed by atoms with Gasteiger partial charge in [-0.15, -0.1) is 0 Å². The number of carbonyl (C=O) groups is 1. The van der Waals surface area contributed by atoms with Crippen LogP contribution in [0.5, 0.6) is 11.5 Å². The highest BCUT2D eigenvalue weighted by molar-refractivity contribution is 6.04. The van der Waals surface area contributed by atoms with E-state index in [1.54, 1.807) is 18.2 Å². The number of hydrogen-bond donors (Lipinski definition) is 2. The number of anilines is 1. The second-order valence-corrected chi connectivity index (χ2v) is 4.75. The molecule has 0 fully saturated rings. The third-order valence-electron chi connectivity index (χ3n) is 3.23. The highest BCUT2D eigenvalue weighted by atomic mass is 16.7. The van der Waals surface area contributed by atoms with E-state index >= 15 is 0 Å². The molecule has 2 aromatic rings. The standard InChI is InChI=1S/C16H16N2O3/c1-17-9-11-2-5-13(6-3-11)18-16(19)12-4-7-14-15(8-12)21-10-20-14/h2-8,17H,9-10H2,1H3,(H,18,19). The smallest absolute Gasteiger partial charge is 0.255 e. The summed E-state index contributed by atoms with van der Waals surface area (Å²) in [4.78, 5) is 12.2. The van der Waals surface area contributed by atoms with Gasteiger partial charge in [0.25, 0.3) is 5.91 Å². The summed E-state index contributed by atoms with van der Waals surface area (Å²) >= 11 is 0. The molecule has 1 aliphatic heterocycles. The highest BCUT2D eigenvalue weighted by Gasteiger charge is 2.16. The molecule has 1 heterocycles. The number of hydrogen-bond acceptors (Lipinski definition) is 4. The van der Waals surface area contributed by atoms with Gasteiger partial charge in [-0.1, -0.05) is 12.1 Å². The molecule has 0 saturated heterocycles. The molecule has 108 valence electrons. The van der Waals surface area contributed by atoms with Gasteiger partial charge >= 0.3 is 0 Å². The first-order valence-corrected chi connectivity index (χ1v) is 6.71. The Bertz CT molecular complexity index is 653. The molecule has 2 aromatic carbocycles. The number of fused-ring (bicyclic) bond motifs is 1. The van der Waals surface area contributed by atoms with Crippen molar-refractivity contribution in [1.29, 1.82) is 0 Å². The molecule has 0 spiro atoms. The summed E-state index contributed by atoms with van der Waals surface area (Å²) in [5.41, 5.74) is 2.47. The fourth-order valence-corrected chi connectivity index (χ4v) is 2.15. The van der Waals surface area contributed by atoms with Gasteiger partial charge in [0, 0.05) is 17.8 Å². The maximum Gasteiger partial charge on any atom is 0.255 e. The van der Waals surface area contributed by atoms with E-state index in [2.05, 4.69) is 10.6 Å². The van der Waals surface area contributed by atoms with Gasteiger partial charge in [0.1, 0.15) is 0 Å². The summed E-state index contributed by atoms with van der Waals surface area (Å²) in [7, 11) is 1.90. The van der Waals surface area contributed by atoms with Crippen LogP contribution in [0.3, 0.4) is 0 Å². The number of carbonyl (C=O) groups excluding carboxylic acids is 1. The van der Waals surface area contributed by atoms with E-state index in [9.17, 15) is 4.79 Å². The Labute approximate surface area is 122 Å². The van der Waals surface area contributed by atoms with Crippen molar-refractivity contribution in [2.45, 2.75) is 6.54 Å². The van der Waals surface area contributed by atoms with Gasteiger partial charge < -0.3 is 20.1 Å². The molecule has 1 amide bonds. The minimum absolute atomic E-state index is 0.172. The van der Waals surface area contributed by atoms with Gasteiger partial charge in [0.15, 0.2) is 11.5 Å². The normalized spacial score (nSPS) is 12.2. The molecule has 5 heteroatoms. The number of rotatable bonds is 4. The lowest BCUT2D eigenvalue weighted by molar-refractivity contribution is 0.102. The second-order valence-electron chi connectivity index (χ2n) is 4.75. The van der Waals surface area contributed by atoms with Gasteiger partial charge in [-0.2, -0.15) is 0 Å². The third kappa shape index (κ3) is 2.98. The predicted molar refractivity (Wildman–Crippen MR) is 79.7 cm³/mol. The van der Waals surface area contributed by atoms with E-state index in [4.69, 9.17) is 9.47 Å². The molecular weight excluding hydrogens is 268 g/mol. The molecule has 0 aliphatic carbocycles. The van der Waals surface area contributed by atoms with Gasteiger partial charge in [-0.3, -0.25) is 4.79 Å². The van der Waals surface area contributed by atoms with Crippen LogP contribution in [0.2, 0.25) is 0 Å². The van der Waals surface area contributed by atoms with Crippen molar-refractivity contribution in [3.05, 3.63) is 53.6 Å². The van der Waals surface area contributed by atoms with Crippen molar-refractivity contribution in [2.75, 3.05) is 19.2 Å². The molecule has 1 aliphatic rings. The van der Waals surface area contributed by atoms with Crippen LogP contribution in [-0.2, 0) is 6.54 Å². The summed E-state index contributed by atoms with van der Waals surface area (Å²) in [6.07, 6.45) is 0. The predicted octanol–water partition coefficient (Wildman–Crippen LogP) is 2.39. The SMILES string of the molecule is CNCc1ccc(NC(=O)c2ccc3c(c2)OCO3)cc1. The number of ether oxygens (including phenoxy) is 2. The summed E-state index contributed by atoms with van der Waals surface area (Å²) < 4.78 is 10.5. The summed E-state index contributed by atoms with van der Waals surface area (Å²) in [5.74, 6) is 1.10. The summed E-state index contributed by atoms with van der Waals surface area (Å²) in [5, 5.41) is 5.94. The van der Waals surface area contributed by atoms with Crippen molar-refractivity contribution in [3.8, 4) is 11.5 Å². The van der Waals surface area contributed by atoms with Crippen LogP contribution in [0.4, 0.5) is 5.69 Å². The summed E-state index contributed by atoms with van der Waals surface area (Å²) in [6.45, 7) is 1.00. The molecule has 0 bridgehead atoms. The Balaban J connectivity index is 1.71. The van der Waals surface area contributed by atoms with E-state index in [1.165, 1.54) is 5.56 Å². The first-order chi connectivity index (χ1) is 10.3. The Morgan fingerprint density at radius 3 is 2.62 bits per heavy atom. The van der Waals surface area contributed by atoms with Gasteiger partial charge in [0.2, 0.25) is 6.79 Å². The first kappa shape index (κ1) is 13.5. The van der Waals surface area contributed by atoms with Crippen molar-refractivity contribution in [2.24, 2.45) is 0 Å². The van der Waals surface area contributed by atoms with Crippen LogP contribution in [0.1, 0.15) is 15.9 Å². The molecule has 0 atom stereocenters. The maximum absolute atomic E-state index is 12.2. The third-order valence-corrected chi connectivity index (χ3v) is 3.23. The first-order valence-electron chi connectivity index (χ1n) is 6.71. The van der Waals surface area contributed by atoms with Gasteiger partial charge in [0.05, 0.1) is 0 Å². The van der Waals surface area contributed by atoms with Crippen LogP contribution >= 0.6 is 0 Å². The Kier molecular flexibility index (Phi) is 3.75. The number of nitrogens with one attached hydrogen (secondary N) is 2. The molecule has 0 unspecified atom stereocenters. The van der Waals surface area contributed by atoms with E-state index in [0.717, 1.165) is 12.2 Å². The van der Waals surface area contributed by atoms with E-state index in [-0.39, 0.29) is 12.7 Å². The minimum Gasteiger partial charge on any atom is -0.454 e. The van der Waals surface area contributed by atoms with E-state index in [1.807, 2.05) is 31.3 Å². The van der Waals surface area contributed by atoms with Crippen LogP contribution in [0.15, 0.2) is 42.5 Å². The molecule has 0 saturated carbocycles. The van der Waals surface area contributed by atoms with Gasteiger partial charge in [-0.25, -0.2) is 0 Å². The lowest BCUT2D eigenvalue weighted by atomic mass is 10.1. The molecule has 2 N–H and O–H groups in total. The average molecular weight is 284 g/mol. The number of benzene rings is 2. The van der Waals surface area contributed by atoms with Crippen molar-refractivity contribution in [1.82, 2.24) is 5.32 Å². The van der Waals surface area contributed by atoms with E-state index in [0.29, 0.717) is 17.1 Å². The van der Waals surface area contributed by atoms with Crippen molar-refractivity contribution < 1.29 is 14.3 Å². The molecular formula is C16H16N2O3. The lowest BCUT2D eigenvalue weighted by Crippen LogP contribution is -2.12. The largest absolute Gasteiger partial charge is 0.454 e. The fourth-order valence-electron chi connectivity index (χ4n) is 2.15. The Morgan fingerprint density at radius 1 is 1.10 bits per heavy atom. The van der Waals surface area contributed by atoms with Crippen LogP contribution in [0.25, 0.3) is 0 Å². The minimum atomic E-state index is -0.172. The topological polar surface area (TPSA) is 59.6 Å². The second kappa shape index (κ2) is 5.85. The molecule has 3 rings (SSSR count). The van der Waals surface area contributed by atoms with Crippen LogP contribution < -0.4 is 20.1 Å². The quantitative estimate of drug-likeness (QED) is 0.905. The molecule has 0 radical (unpaired) electrons. The maximum atomic E-state index is 12.2. The Hall–Kier alpha value is -2.53. The van der Waals surface area contributed by atoms with Crippen molar-refractivity contribution >= 4 is 11.6 Å². The zero-order valence-corrected chi connectivity index (χ0v) is 11.7. The lowest BCUT2D eigenvalue weighted by Gasteiger charge is -2.07.